The van der Waals surface area contributed by atoms with E-state index in [0.29, 0.717) is 4.90 Å². The summed E-state index contributed by atoms with van der Waals surface area (Å²) >= 11 is 0. The number of carbonyl (C=O) groups is 1. The predicted molar refractivity (Wildman–Crippen MR) is 92.7 cm³/mol. The van der Waals surface area contributed by atoms with Crippen LogP contribution < -0.4 is 15.0 Å². The second kappa shape index (κ2) is 8.60. The van der Waals surface area contributed by atoms with Crippen LogP contribution in [0, 0.1) is 6.92 Å². The first kappa shape index (κ1) is 22.3. The molecule has 0 saturated carbocycles. The summed E-state index contributed by atoms with van der Waals surface area (Å²) in [6, 6.07) is 9.04. The van der Waals surface area contributed by atoms with Crippen LogP contribution in [0.25, 0.3) is 0 Å². The van der Waals surface area contributed by atoms with Gasteiger partial charge in [-0.2, -0.15) is 13.2 Å². The van der Waals surface area contributed by atoms with Gasteiger partial charge in [-0.25, -0.2) is 4.79 Å². The molecule has 2 amide bonds. The van der Waals surface area contributed by atoms with Gasteiger partial charge in [0.15, 0.2) is 6.10 Å². The van der Waals surface area contributed by atoms with E-state index in [1.54, 1.807) is 19.1 Å². The van der Waals surface area contributed by atoms with Crippen LogP contribution in [0.15, 0.2) is 48.5 Å². The lowest BCUT2D eigenvalue weighted by Crippen LogP contribution is -2.45. The van der Waals surface area contributed by atoms with Gasteiger partial charge in [0.25, 0.3) is 0 Å². The van der Waals surface area contributed by atoms with Crippen LogP contribution in [-0.4, -0.2) is 36.3 Å². The molecule has 0 heterocycles. The van der Waals surface area contributed by atoms with Crippen molar-refractivity contribution < 1.29 is 41.0 Å². The number of aliphatic hydroxyl groups excluding tert-OH is 1. The zero-order valence-corrected chi connectivity index (χ0v) is 14.9. The van der Waals surface area contributed by atoms with Crippen LogP contribution >= 0.6 is 0 Å². The number of hydrogen-bond donors (Lipinski definition) is 2. The molecule has 0 aliphatic rings. The maximum atomic E-state index is 12.8. The highest BCUT2D eigenvalue weighted by molar-refractivity contribution is 6.01. The summed E-state index contributed by atoms with van der Waals surface area (Å²) < 4.78 is 79.3. The lowest BCUT2D eigenvalue weighted by molar-refractivity contribution is -0.274. The molecule has 0 fully saturated rings. The van der Waals surface area contributed by atoms with E-state index in [4.69, 9.17) is 0 Å². The summed E-state index contributed by atoms with van der Waals surface area (Å²) in [6.45, 7) is 0.542. The van der Waals surface area contributed by atoms with Crippen molar-refractivity contribution in [3.8, 4) is 5.75 Å². The number of amides is 2. The fraction of sp³-hybridized carbons (Fsp3) is 0.278. The number of benzene rings is 2. The van der Waals surface area contributed by atoms with E-state index in [-0.39, 0.29) is 11.4 Å². The van der Waals surface area contributed by atoms with Gasteiger partial charge in [0.1, 0.15) is 5.75 Å². The average molecular weight is 422 g/mol. The molecule has 0 radical (unpaired) electrons. The third kappa shape index (κ3) is 6.86. The van der Waals surface area contributed by atoms with Gasteiger partial charge in [-0.3, -0.25) is 4.90 Å². The minimum atomic E-state index is -5.04. The molecule has 11 heteroatoms. The van der Waals surface area contributed by atoms with Crippen molar-refractivity contribution >= 4 is 17.4 Å². The average Bonchev–Trinajstić information content (AvgIpc) is 2.59. The molecule has 2 rings (SSSR count). The Morgan fingerprint density at radius 2 is 1.72 bits per heavy atom. The van der Waals surface area contributed by atoms with Crippen molar-refractivity contribution in [3.63, 3.8) is 0 Å². The molecule has 0 bridgehead atoms. The SMILES string of the molecule is Cc1ccc(NC(=O)N(CC(O)C(F)(F)F)c2cccc(OC(F)(F)F)c2)cc1. The number of aliphatic hydroxyl groups is 1. The number of nitrogens with one attached hydrogen (secondary N) is 1. The Labute approximate surface area is 161 Å². The first-order valence-electron chi connectivity index (χ1n) is 8.11. The Morgan fingerprint density at radius 1 is 1.10 bits per heavy atom. The molecule has 1 unspecified atom stereocenters. The summed E-state index contributed by atoms with van der Waals surface area (Å²) in [4.78, 5) is 13.0. The first-order valence-corrected chi connectivity index (χ1v) is 8.11. The predicted octanol–water partition coefficient (Wildman–Crippen LogP) is 4.86. The number of rotatable bonds is 5. The monoisotopic (exact) mass is 422 g/mol. The van der Waals surface area contributed by atoms with Gasteiger partial charge in [0.05, 0.1) is 6.54 Å². The molecule has 2 aromatic rings. The molecule has 0 saturated heterocycles. The lowest BCUT2D eigenvalue weighted by Gasteiger charge is -2.27. The maximum absolute atomic E-state index is 12.8. The molecule has 0 aromatic heterocycles. The Morgan fingerprint density at radius 3 is 2.28 bits per heavy atom. The molecule has 0 spiro atoms. The number of ether oxygens (including phenoxy) is 1. The third-order valence-electron chi connectivity index (χ3n) is 3.64. The van der Waals surface area contributed by atoms with E-state index in [1.165, 1.54) is 12.1 Å². The van der Waals surface area contributed by atoms with Crippen LogP contribution in [0.2, 0.25) is 0 Å². The highest BCUT2D eigenvalue weighted by atomic mass is 19.4. The molecule has 158 valence electrons. The minimum Gasteiger partial charge on any atom is -0.406 e. The van der Waals surface area contributed by atoms with Crippen LogP contribution in [0.5, 0.6) is 5.75 Å². The van der Waals surface area contributed by atoms with Crippen molar-refractivity contribution in [2.75, 3.05) is 16.8 Å². The number of hydrogen-bond acceptors (Lipinski definition) is 3. The van der Waals surface area contributed by atoms with Crippen molar-refractivity contribution in [1.82, 2.24) is 0 Å². The largest absolute Gasteiger partial charge is 0.573 e. The van der Waals surface area contributed by atoms with Crippen LogP contribution in [0.3, 0.4) is 0 Å². The van der Waals surface area contributed by atoms with Gasteiger partial charge in [-0.1, -0.05) is 23.8 Å². The van der Waals surface area contributed by atoms with Gasteiger partial charge < -0.3 is 15.2 Å². The van der Waals surface area contributed by atoms with E-state index in [0.717, 1.165) is 29.8 Å². The van der Waals surface area contributed by atoms with E-state index < -0.39 is 37.0 Å². The second-order valence-corrected chi connectivity index (χ2v) is 6.01. The number of urea groups is 1. The summed E-state index contributed by atoms with van der Waals surface area (Å²) in [5.74, 6) is -0.732. The molecular formula is C18H16F6N2O3. The van der Waals surface area contributed by atoms with E-state index >= 15 is 0 Å². The molecule has 2 aromatic carbocycles. The zero-order chi connectivity index (χ0) is 21.8. The van der Waals surface area contributed by atoms with E-state index in [1.807, 2.05) is 0 Å². The molecule has 29 heavy (non-hydrogen) atoms. The maximum Gasteiger partial charge on any atom is 0.573 e. The minimum absolute atomic E-state index is 0.245. The number of carbonyl (C=O) groups excluding carboxylic acids is 1. The van der Waals surface area contributed by atoms with Crippen molar-refractivity contribution in [3.05, 3.63) is 54.1 Å². The van der Waals surface area contributed by atoms with Gasteiger partial charge in [0, 0.05) is 17.4 Å². The van der Waals surface area contributed by atoms with Crippen LogP contribution in [0.1, 0.15) is 5.56 Å². The van der Waals surface area contributed by atoms with E-state index in [9.17, 15) is 36.2 Å². The number of nitrogens with zero attached hydrogens (tertiary/aromatic N) is 1. The Balaban J connectivity index is 2.32. The molecule has 0 aliphatic carbocycles. The number of anilines is 2. The third-order valence-corrected chi connectivity index (χ3v) is 3.64. The Kier molecular flexibility index (Phi) is 6.62. The molecule has 1 atom stereocenters. The zero-order valence-electron chi connectivity index (χ0n) is 14.9. The summed E-state index contributed by atoms with van der Waals surface area (Å²) in [5.41, 5.74) is 0.777. The molecular weight excluding hydrogens is 406 g/mol. The standard InChI is InChI=1S/C18H16F6N2O3/c1-11-5-7-12(8-6-11)25-16(28)26(10-15(27)17(19,20)21)13-3-2-4-14(9-13)29-18(22,23)24/h2-9,15,27H,10H2,1H3,(H,25,28). The summed E-state index contributed by atoms with van der Waals surface area (Å²) in [7, 11) is 0. The first-order chi connectivity index (χ1) is 13.3. The normalized spacial score (nSPS) is 13.0. The lowest BCUT2D eigenvalue weighted by atomic mass is 10.2. The molecule has 5 nitrogen and oxygen atoms in total. The van der Waals surface area contributed by atoms with Crippen molar-refractivity contribution in [1.29, 1.82) is 0 Å². The quantitative estimate of drug-likeness (QED) is 0.677. The second-order valence-electron chi connectivity index (χ2n) is 6.01. The number of halogens is 6. The van der Waals surface area contributed by atoms with Gasteiger partial charge in [-0.15, -0.1) is 13.2 Å². The van der Waals surface area contributed by atoms with Crippen LogP contribution in [-0.2, 0) is 0 Å². The van der Waals surface area contributed by atoms with Gasteiger partial charge in [0.2, 0.25) is 0 Å². The smallest absolute Gasteiger partial charge is 0.406 e. The van der Waals surface area contributed by atoms with Crippen molar-refractivity contribution in [2.24, 2.45) is 0 Å². The van der Waals surface area contributed by atoms with Gasteiger partial charge in [-0.05, 0) is 31.2 Å². The highest BCUT2D eigenvalue weighted by Gasteiger charge is 2.40. The summed E-state index contributed by atoms with van der Waals surface area (Å²) in [5, 5.41) is 11.7. The van der Waals surface area contributed by atoms with Gasteiger partial charge >= 0.3 is 18.6 Å². The van der Waals surface area contributed by atoms with E-state index in [2.05, 4.69) is 10.1 Å². The number of alkyl halides is 6. The highest BCUT2D eigenvalue weighted by Crippen LogP contribution is 2.29. The van der Waals surface area contributed by atoms with Crippen molar-refractivity contribution in [2.45, 2.75) is 25.6 Å². The molecule has 0 aliphatic heterocycles. The molecule has 2 N–H and O–H groups in total. The van der Waals surface area contributed by atoms with Crippen LogP contribution in [0.4, 0.5) is 42.5 Å². The summed E-state index contributed by atoms with van der Waals surface area (Å²) in [6.07, 6.45) is -13.0. The Hall–Kier alpha value is -2.95. The Bertz CT molecular complexity index is 837. The fourth-order valence-corrected chi connectivity index (χ4v) is 2.26. The fourth-order valence-electron chi connectivity index (χ4n) is 2.26. The topological polar surface area (TPSA) is 61.8 Å². The number of aryl methyl sites for hydroxylation is 1.